The Hall–Kier alpha value is -4.14. The van der Waals surface area contributed by atoms with E-state index in [1.807, 2.05) is 38.1 Å². The molecule has 1 saturated heterocycles. The molecule has 3 aromatic rings. The van der Waals surface area contributed by atoms with Crippen LogP contribution in [0.4, 0.5) is 5.95 Å². The number of hydrogen-bond donors (Lipinski definition) is 2. The zero-order chi connectivity index (χ0) is 25.5. The molecule has 2 heterocycles. The number of carbonyl (C=O) groups excluding carboxylic acids is 1. The Kier molecular flexibility index (Phi) is 7.99. The van der Waals surface area contributed by atoms with Crippen molar-refractivity contribution in [3.63, 3.8) is 0 Å². The Morgan fingerprint density at radius 2 is 1.86 bits per heavy atom. The molecule has 188 valence electrons. The molecule has 0 bridgehead atoms. The van der Waals surface area contributed by atoms with Gasteiger partial charge in [0, 0.05) is 25.5 Å². The Morgan fingerprint density at radius 3 is 2.58 bits per heavy atom. The lowest BCUT2D eigenvalue weighted by molar-refractivity contribution is 0.0696. The van der Waals surface area contributed by atoms with Gasteiger partial charge >= 0.3 is 5.97 Å². The second-order valence-corrected chi connectivity index (χ2v) is 8.61. The summed E-state index contributed by atoms with van der Waals surface area (Å²) in [6.07, 6.45) is 4.83. The van der Waals surface area contributed by atoms with Crippen LogP contribution in [0.3, 0.4) is 0 Å². The van der Waals surface area contributed by atoms with E-state index in [-0.39, 0.29) is 24.1 Å². The number of rotatable bonds is 9. The average Bonchev–Trinajstić information content (AvgIpc) is 2.89. The number of nitrogens with one attached hydrogen (secondary N) is 1. The molecule has 1 atom stereocenters. The monoisotopic (exact) mass is 490 g/mol. The van der Waals surface area contributed by atoms with Crippen LogP contribution in [0.25, 0.3) is 0 Å². The smallest absolute Gasteiger partial charge is 0.335 e. The molecule has 0 aliphatic carbocycles. The van der Waals surface area contributed by atoms with E-state index in [0.717, 1.165) is 42.0 Å². The maximum Gasteiger partial charge on any atom is 0.335 e. The summed E-state index contributed by atoms with van der Waals surface area (Å²) >= 11 is 0. The SMILES string of the molecule is CCOc1ccccc1OC1CCCN(c2ncc(C(=O)NCc3cc(C(=O)O)ccc3C)cn2)C1. The molecule has 1 aliphatic heterocycles. The van der Waals surface area contributed by atoms with Gasteiger partial charge in [0.15, 0.2) is 11.5 Å². The Bertz CT molecular complexity index is 1220. The van der Waals surface area contributed by atoms with Crippen molar-refractivity contribution in [1.82, 2.24) is 15.3 Å². The predicted octanol–water partition coefficient (Wildman–Crippen LogP) is 3.86. The average molecular weight is 491 g/mol. The minimum absolute atomic E-state index is 0.0308. The van der Waals surface area contributed by atoms with Gasteiger partial charge in [-0.15, -0.1) is 0 Å². The number of aryl methyl sites for hydroxylation is 1. The molecule has 1 unspecified atom stereocenters. The first kappa shape index (κ1) is 25.0. The molecule has 9 nitrogen and oxygen atoms in total. The van der Waals surface area contributed by atoms with Crippen LogP contribution in [-0.2, 0) is 6.54 Å². The number of hydrogen-bond acceptors (Lipinski definition) is 7. The minimum Gasteiger partial charge on any atom is -0.490 e. The lowest BCUT2D eigenvalue weighted by Gasteiger charge is -2.33. The fraction of sp³-hybridized carbons (Fsp3) is 0.333. The van der Waals surface area contributed by atoms with Crippen molar-refractivity contribution in [3.8, 4) is 11.5 Å². The van der Waals surface area contributed by atoms with E-state index in [2.05, 4.69) is 20.2 Å². The van der Waals surface area contributed by atoms with Crippen LogP contribution in [0, 0.1) is 6.92 Å². The van der Waals surface area contributed by atoms with Gasteiger partial charge in [-0.05, 0) is 62.1 Å². The van der Waals surface area contributed by atoms with Crippen LogP contribution in [0.2, 0.25) is 0 Å². The Balaban J connectivity index is 1.36. The zero-order valence-corrected chi connectivity index (χ0v) is 20.4. The standard InChI is InChI=1S/C27H30N4O5/c1-3-35-23-8-4-5-9-24(23)36-22-7-6-12-31(17-22)27-29-15-21(16-30-27)25(32)28-14-20-13-19(26(33)34)11-10-18(20)2/h4-5,8-11,13,15-16,22H,3,6-7,12,14,17H2,1-2H3,(H,28,32)(H,33,34). The summed E-state index contributed by atoms with van der Waals surface area (Å²) in [5, 5.41) is 12.0. The van der Waals surface area contributed by atoms with Gasteiger partial charge < -0.3 is 24.8 Å². The van der Waals surface area contributed by atoms with Crippen LogP contribution in [0.15, 0.2) is 54.9 Å². The lowest BCUT2D eigenvalue weighted by Crippen LogP contribution is -2.42. The molecule has 1 amide bonds. The van der Waals surface area contributed by atoms with Crippen LogP contribution in [-0.4, -0.2) is 52.8 Å². The molecule has 4 rings (SSSR count). The van der Waals surface area contributed by atoms with Gasteiger partial charge in [0.2, 0.25) is 5.95 Å². The van der Waals surface area contributed by atoms with Crippen LogP contribution < -0.4 is 19.7 Å². The summed E-state index contributed by atoms with van der Waals surface area (Å²) < 4.78 is 11.9. The van der Waals surface area contributed by atoms with Crippen LogP contribution >= 0.6 is 0 Å². The van der Waals surface area contributed by atoms with Gasteiger partial charge in [-0.25, -0.2) is 14.8 Å². The number of aromatic carboxylic acids is 1. The number of nitrogens with zero attached hydrogens (tertiary/aromatic N) is 3. The summed E-state index contributed by atoms with van der Waals surface area (Å²) in [4.78, 5) is 34.7. The molecule has 2 N–H and O–H groups in total. The van der Waals surface area contributed by atoms with E-state index in [1.165, 1.54) is 12.4 Å². The molecule has 9 heteroatoms. The maximum absolute atomic E-state index is 12.6. The first-order chi connectivity index (χ1) is 17.4. The van der Waals surface area contributed by atoms with Crippen LogP contribution in [0.5, 0.6) is 11.5 Å². The van der Waals surface area contributed by atoms with Gasteiger partial charge in [-0.1, -0.05) is 18.2 Å². The maximum atomic E-state index is 12.6. The number of carbonyl (C=O) groups is 2. The molecule has 2 aromatic carbocycles. The first-order valence-corrected chi connectivity index (χ1v) is 12.0. The highest BCUT2D eigenvalue weighted by Gasteiger charge is 2.24. The van der Waals surface area contributed by atoms with Crippen molar-refractivity contribution in [2.45, 2.75) is 39.3 Å². The van der Waals surface area contributed by atoms with Crippen LogP contribution in [0.1, 0.15) is 51.6 Å². The Labute approximate surface area is 210 Å². The van der Waals surface area contributed by atoms with Gasteiger partial charge in [-0.3, -0.25) is 4.79 Å². The number of amides is 1. The number of benzene rings is 2. The largest absolute Gasteiger partial charge is 0.490 e. The second-order valence-electron chi connectivity index (χ2n) is 8.61. The van der Waals surface area contributed by atoms with Crippen molar-refractivity contribution < 1.29 is 24.2 Å². The highest BCUT2D eigenvalue weighted by atomic mass is 16.5. The molecule has 1 aromatic heterocycles. The predicted molar refractivity (Wildman–Crippen MR) is 135 cm³/mol. The third kappa shape index (κ3) is 6.10. The number of para-hydroxylation sites is 2. The first-order valence-electron chi connectivity index (χ1n) is 12.0. The fourth-order valence-corrected chi connectivity index (χ4v) is 4.09. The van der Waals surface area contributed by atoms with E-state index < -0.39 is 5.97 Å². The highest BCUT2D eigenvalue weighted by molar-refractivity contribution is 5.93. The third-order valence-corrected chi connectivity index (χ3v) is 6.04. The number of anilines is 1. The van der Waals surface area contributed by atoms with E-state index in [4.69, 9.17) is 9.47 Å². The van der Waals surface area contributed by atoms with Crippen molar-refractivity contribution >= 4 is 17.8 Å². The third-order valence-electron chi connectivity index (χ3n) is 6.04. The Morgan fingerprint density at radius 1 is 1.11 bits per heavy atom. The van der Waals surface area contributed by atoms with Crippen molar-refractivity contribution in [2.75, 3.05) is 24.6 Å². The van der Waals surface area contributed by atoms with E-state index in [9.17, 15) is 14.7 Å². The quantitative estimate of drug-likeness (QED) is 0.465. The summed E-state index contributed by atoms with van der Waals surface area (Å²) in [6, 6.07) is 12.5. The van der Waals surface area contributed by atoms with Crippen molar-refractivity contribution in [3.05, 3.63) is 77.1 Å². The molecule has 0 radical (unpaired) electrons. The number of ether oxygens (including phenoxy) is 2. The van der Waals surface area contributed by atoms with Crippen molar-refractivity contribution in [2.24, 2.45) is 0 Å². The molecule has 1 fully saturated rings. The summed E-state index contributed by atoms with van der Waals surface area (Å²) in [5.74, 6) is 0.671. The lowest BCUT2D eigenvalue weighted by atomic mass is 10.0. The van der Waals surface area contributed by atoms with E-state index in [1.54, 1.807) is 18.2 Å². The number of carboxylic acids is 1. The van der Waals surface area contributed by atoms with Gasteiger partial charge in [-0.2, -0.15) is 0 Å². The van der Waals surface area contributed by atoms with Gasteiger partial charge in [0.25, 0.3) is 5.91 Å². The molecule has 0 spiro atoms. The summed E-state index contributed by atoms with van der Waals surface area (Å²) in [6.45, 7) is 6.03. The zero-order valence-electron chi connectivity index (χ0n) is 20.4. The molecule has 36 heavy (non-hydrogen) atoms. The molecule has 1 aliphatic rings. The van der Waals surface area contributed by atoms with E-state index >= 15 is 0 Å². The number of aromatic nitrogens is 2. The molecular formula is C27H30N4O5. The van der Waals surface area contributed by atoms with Gasteiger partial charge in [0.1, 0.15) is 6.10 Å². The second kappa shape index (κ2) is 11.5. The minimum atomic E-state index is -1.00. The molecular weight excluding hydrogens is 460 g/mol. The normalized spacial score (nSPS) is 15.3. The van der Waals surface area contributed by atoms with Crippen molar-refractivity contribution in [1.29, 1.82) is 0 Å². The molecule has 0 saturated carbocycles. The highest BCUT2D eigenvalue weighted by Crippen LogP contribution is 2.29. The summed E-state index contributed by atoms with van der Waals surface area (Å²) in [7, 11) is 0. The number of carboxylic acid groups (broad SMARTS) is 1. The fourth-order valence-electron chi connectivity index (χ4n) is 4.09. The number of piperidine rings is 1. The van der Waals surface area contributed by atoms with E-state index in [0.29, 0.717) is 24.7 Å². The topological polar surface area (TPSA) is 114 Å². The summed E-state index contributed by atoms with van der Waals surface area (Å²) in [5.41, 5.74) is 2.16. The van der Waals surface area contributed by atoms with Gasteiger partial charge in [0.05, 0.1) is 24.3 Å².